The fourth-order valence-electron chi connectivity index (χ4n) is 7.87. The first-order chi connectivity index (χ1) is 20.8. The van der Waals surface area contributed by atoms with Crippen LogP contribution in [0.3, 0.4) is 0 Å². The van der Waals surface area contributed by atoms with Crippen LogP contribution in [0.1, 0.15) is 28.1 Å². The molecule has 4 unspecified atom stereocenters. The predicted octanol–water partition coefficient (Wildman–Crippen LogP) is 9.05. The highest BCUT2D eigenvalue weighted by Crippen LogP contribution is 2.77. The number of imidazole rings is 1. The maximum atomic E-state index is 5.43. The maximum Gasteiger partial charge on any atom is 0.132 e. The Labute approximate surface area is 250 Å². The van der Waals surface area contributed by atoms with Crippen molar-refractivity contribution in [2.24, 2.45) is 11.8 Å². The summed E-state index contributed by atoms with van der Waals surface area (Å²) >= 11 is 2.10. The lowest BCUT2D eigenvalue weighted by molar-refractivity contribution is 0.281. The van der Waals surface area contributed by atoms with Crippen molar-refractivity contribution in [3.05, 3.63) is 191 Å². The highest BCUT2D eigenvalue weighted by atomic mass is 32.2. The zero-order chi connectivity index (χ0) is 27.7. The Bertz CT molecular complexity index is 1970. The van der Waals surface area contributed by atoms with Crippen molar-refractivity contribution >= 4 is 28.4 Å². The molecule has 1 aliphatic carbocycles. The van der Waals surface area contributed by atoms with Crippen LogP contribution in [0.25, 0.3) is 16.6 Å². The van der Waals surface area contributed by atoms with E-state index in [1.165, 1.54) is 38.9 Å². The van der Waals surface area contributed by atoms with E-state index in [1.807, 2.05) is 0 Å². The Kier molecular flexibility index (Phi) is 5.12. The largest absolute Gasteiger partial charge is 0.306 e. The molecule has 0 radical (unpaired) electrons. The number of fused-ring (bicyclic) bond motifs is 10. The summed E-state index contributed by atoms with van der Waals surface area (Å²) in [6.45, 7) is 0. The Hall–Kier alpha value is -4.60. The molecule has 3 heteroatoms. The molecule has 1 saturated heterocycles. The molecule has 2 nitrogen and oxygen atoms in total. The third-order valence-electron chi connectivity index (χ3n) is 9.41. The minimum absolute atomic E-state index is 0.200. The number of hydrogen-bond donors (Lipinski definition) is 0. The van der Waals surface area contributed by atoms with Crippen LogP contribution in [-0.4, -0.2) is 9.55 Å². The average Bonchev–Trinajstić information content (AvgIpc) is 3.81. The number of allylic oxidation sites excluding steroid dienone is 3. The number of rotatable bonds is 4. The summed E-state index contributed by atoms with van der Waals surface area (Å²) in [7, 11) is 0. The van der Waals surface area contributed by atoms with Gasteiger partial charge in [-0.1, -0.05) is 146 Å². The van der Waals surface area contributed by atoms with E-state index in [1.54, 1.807) is 0 Å². The Balaban J connectivity index is 1.43. The van der Waals surface area contributed by atoms with Gasteiger partial charge in [0.1, 0.15) is 15.4 Å². The molecule has 6 aromatic rings. The van der Waals surface area contributed by atoms with Crippen LogP contribution in [0.15, 0.2) is 163 Å². The molecule has 2 bridgehead atoms. The topological polar surface area (TPSA) is 17.8 Å². The summed E-state index contributed by atoms with van der Waals surface area (Å²) in [5.74, 6) is 1.61. The molecule has 1 fully saturated rings. The smallest absolute Gasteiger partial charge is 0.132 e. The summed E-state index contributed by atoms with van der Waals surface area (Å²) in [6, 6.07) is 52.9. The third-order valence-corrected chi connectivity index (χ3v) is 11.4. The van der Waals surface area contributed by atoms with Crippen molar-refractivity contribution in [3.8, 4) is 0 Å². The van der Waals surface area contributed by atoms with Crippen molar-refractivity contribution in [2.75, 3.05) is 0 Å². The van der Waals surface area contributed by atoms with Crippen molar-refractivity contribution in [2.45, 2.75) is 9.62 Å². The normalized spacial score (nSPS) is 25.1. The molecule has 42 heavy (non-hydrogen) atoms. The molecule has 9 rings (SSSR count). The van der Waals surface area contributed by atoms with Gasteiger partial charge in [0.2, 0.25) is 0 Å². The predicted molar refractivity (Wildman–Crippen MR) is 173 cm³/mol. The van der Waals surface area contributed by atoms with Gasteiger partial charge in [0, 0.05) is 11.8 Å². The Morgan fingerprint density at radius 1 is 0.619 bits per heavy atom. The quantitative estimate of drug-likeness (QED) is 0.216. The lowest BCUT2D eigenvalue weighted by Crippen LogP contribution is -2.43. The molecule has 2 aliphatic heterocycles. The molecule has 0 spiro atoms. The summed E-state index contributed by atoms with van der Waals surface area (Å²) < 4.78 is 2.29. The van der Waals surface area contributed by atoms with Gasteiger partial charge in [-0.15, -0.1) is 11.8 Å². The van der Waals surface area contributed by atoms with E-state index in [0.29, 0.717) is 0 Å². The summed E-state index contributed by atoms with van der Waals surface area (Å²) in [5, 5.41) is 0. The molecular formula is C39H28N2S. The molecule has 0 N–H and O–H groups in total. The highest BCUT2D eigenvalue weighted by Gasteiger charge is 2.73. The van der Waals surface area contributed by atoms with Gasteiger partial charge >= 0.3 is 0 Å². The molecule has 3 heterocycles. The van der Waals surface area contributed by atoms with Crippen molar-refractivity contribution < 1.29 is 0 Å². The van der Waals surface area contributed by atoms with Gasteiger partial charge in [-0.2, -0.15) is 0 Å². The number of para-hydroxylation sites is 2. The fourth-order valence-corrected chi connectivity index (χ4v) is 10.1. The lowest BCUT2D eigenvalue weighted by Gasteiger charge is -2.40. The first-order valence-corrected chi connectivity index (χ1v) is 15.5. The first-order valence-electron chi connectivity index (χ1n) is 14.7. The highest BCUT2D eigenvalue weighted by molar-refractivity contribution is 8.02. The van der Waals surface area contributed by atoms with Crippen molar-refractivity contribution in [1.29, 1.82) is 0 Å². The molecule has 3 aliphatic rings. The van der Waals surface area contributed by atoms with E-state index in [-0.39, 0.29) is 21.5 Å². The second-order valence-electron chi connectivity index (χ2n) is 11.5. The summed E-state index contributed by atoms with van der Waals surface area (Å²) in [6.07, 6.45) is 4.94. The minimum atomic E-state index is -0.374. The van der Waals surface area contributed by atoms with Crippen LogP contribution in [-0.2, 0) is 9.62 Å². The molecule has 5 aromatic carbocycles. The zero-order valence-electron chi connectivity index (χ0n) is 23.0. The Morgan fingerprint density at radius 3 is 1.81 bits per heavy atom. The second-order valence-corrected chi connectivity index (χ2v) is 12.9. The van der Waals surface area contributed by atoms with Crippen LogP contribution in [0.5, 0.6) is 0 Å². The third kappa shape index (κ3) is 3.04. The molecular weight excluding hydrogens is 529 g/mol. The molecule has 0 amide bonds. The van der Waals surface area contributed by atoms with Gasteiger partial charge in [0.25, 0.3) is 0 Å². The van der Waals surface area contributed by atoms with E-state index in [2.05, 4.69) is 174 Å². The SMILES string of the molecule is C1=CC2C(C1=C(c1ccccc1)c1ccccc1)C1(c3ccccc3)SC2(c2ccccc2)c2nc3ccccc3n21. The second kappa shape index (κ2) is 8.95. The number of aromatic nitrogens is 2. The van der Waals surface area contributed by atoms with E-state index in [9.17, 15) is 0 Å². The standard InChI is InChI=1S/C39H28N2S/c1-5-15-27(16-6-1)35(28-17-7-2-8-18-28)31-25-26-32-36(31)39(30-21-11-4-12-22-30)41-34-24-14-13-23-33(34)40-37(41)38(32,42-39)29-19-9-3-10-20-29/h1-26,32,36H. The van der Waals surface area contributed by atoms with Crippen LogP contribution in [0.4, 0.5) is 0 Å². The van der Waals surface area contributed by atoms with E-state index < -0.39 is 0 Å². The summed E-state index contributed by atoms with van der Waals surface area (Å²) in [4.78, 5) is 5.06. The van der Waals surface area contributed by atoms with E-state index in [0.717, 1.165) is 11.3 Å². The monoisotopic (exact) mass is 556 g/mol. The fraction of sp³-hybridized carbons (Fsp3) is 0.103. The molecule has 4 atom stereocenters. The number of thioether (sulfide) groups is 1. The van der Waals surface area contributed by atoms with Crippen LogP contribution in [0.2, 0.25) is 0 Å². The summed E-state index contributed by atoms with van der Waals surface area (Å²) in [5.41, 5.74) is 10.1. The van der Waals surface area contributed by atoms with Crippen molar-refractivity contribution in [3.63, 3.8) is 0 Å². The number of hydrogen-bond acceptors (Lipinski definition) is 2. The number of benzene rings is 5. The number of nitrogens with zero attached hydrogens (tertiary/aromatic N) is 2. The zero-order valence-corrected chi connectivity index (χ0v) is 23.8. The van der Waals surface area contributed by atoms with Gasteiger partial charge in [-0.3, -0.25) is 0 Å². The van der Waals surface area contributed by atoms with Gasteiger partial charge in [0.05, 0.1) is 11.0 Å². The average molecular weight is 557 g/mol. The van der Waals surface area contributed by atoms with E-state index in [4.69, 9.17) is 4.98 Å². The van der Waals surface area contributed by atoms with Gasteiger partial charge < -0.3 is 4.57 Å². The molecule has 0 saturated carbocycles. The van der Waals surface area contributed by atoms with Gasteiger partial charge in [-0.25, -0.2) is 4.98 Å². The maximum absolute atomic E-state index is 5.43. The van der Waals surface area contributed by atoms with Crippen LogP contribution >= 0.6 is 11.8 Å². The first kappa shape index (κ1) is 24.0. The van der Waals surface area contributed by atoms with Crippen LogP contribution in [0, 0.1) is 11.8 Å². The minimum Gasteiger partial charge on any atom is -0.306 e. The lowest BCUT2D eigenvalue weighted by atomic mass is 9.69. The van der Waals surface area contributed by atoms with E-state index >= 15 is 0 Å². The molecule has 1 aromatic heterocycles. The van der Waals surface area contributed by atoms with Crippen molar-refractivity contribution in [1.82, 2.24) is 9.55 Å². The van der Waals surface area contributed by atoms with Gasteiger partial charge in [0.15, 0.2) is 0 Å². The molecule has 200 valence electrons. The van der Waals surface area contributed by atoms with Crippen LogP contribution < -0.4 is 0 Å². The Morgan fingerprint density at radius 2 is 1.17 bits per heavy atom. The van der Waals surface area contributed by atoms with Gasteiger partial charge in [-0.05, 0) is 45.5 Å².